The lowest BCUT2D eigenvalue weighted by molar-refractivity contribution is -0.140. The highest BCUT2D eigenvalue weighted by molar-refractivity contribution is 5.68. The van der Waals surface area contributed by atoms with Crippen LogP contribution in [-0.4, -0.2) is 13.1 Å². The molecule has 0 N–H and O–H groups in total. The number of methoxy groups -OCH3 is 1. The molecule has 0 aliphatic heterocycles. The Balaban J connectivity index is 3.20. The molecule has 2 nitrogen and oxygen atoms in total. The maximum atomic E-state index is 10.9. The Morgan fingerprint density at radius 1 is 0.905 bits per heavy atom. The standard InChI is InChI=1S/C19H32O2/c1-3-4-5-6-7-8-9-10-11-12-13-14-15-16-17-18-19(20)21-2/h5-6H,3-4,7-8,11-18H2,1-2H3. The fraction of sp³-hybridized carbons (Fsp3) is 0.737. The van der Waals surface area contributed by atoms with Crippen molar-refractivity contribution in [1.29, 1.82) is 0 Å². The molecule has 0 unspecified atom stereocenters. The predicted molar refractivity (Wildman–Crippen MR) is 90.0 cm³/mol. The van der Waals surface area contributed by atoms with Crippen molar-refractivity contribution < 1.29 is 9.53 Å². The van der Waals surface area contributed by atoms with E-state index in [2.05, 4.69) is 35.7 Å². The molecule has 0 atom stereocenters. The van der Waals surface area contributed by atoms with E-state index >= 15 is 0 Å². The molecule has 0 aromatic carbocycles. The predicted octanol–water partition coefficient (Wildman–Crippen LogP) is 5.42. The van der Waals surface area contributed by atoms with Gasteiger partial charge in [-0.2, -0.15) is 0 Å². The van der Waals surface area contributed by atoms with Gasteiger partial charge in [-0.25, -0.2) is 0 Å². The quantitative estimate of drug-likeness (QED) is 0.208. The molecule has 0 saturated heterocycles. The van der Waals surface area contributed by atoms with Gasteiger partial charge in [0.1, 0.15) is 0 Å². The number of ether oxygens (including phenoxy) is 1. The molecule has 0 radical (unpaired) electrons. The highest BCUT2D eigenvalue weighted by Crippen LogP contribution is 2.08. The Morgan fingerprint density at radius 3 is 2.24 bits per heavy atom. The normalized spacial score (nSPS) is 10.4. The van der Waals surface area contributed by atoms with Crippen LogP contribution < -0.4 is 0 Å². The Kier molecular flexibility index (Phi) is 15.8. The minimum absolute atomic E-state index is 0.0881. The zero-order valence-corrected chi connectivity index (χ0v) is 14.0. The summed E-state index contributed by atoms with van der Waals surface area (Å²) in [4.78, 5) is 10.9. The van der Waals surface area contributed by atoms with Crippen LogP contribution in [0, 0.1) is 11.8 Å². The van der Waals surface area contributed by atoms with E-state index in [1.54, 1.807) is 0 Å². The first-order chi connectivity index (χ1) is 10.3. The molecule has 0 spiro atoms. The number of hydrogen-bond donors (Lipinski definition) is 0. The molecular formula is C19H32O2. The van der Waals surface area contributed by atoms with E-state index in [1.165, 1.54) is 45.6 Å². The fourth-order valence-electron chi connectivity index (χ4n) is 2.03. The summed E-state index contributed by atoms with van der Waals surface area (Å²) < 4.78 is 4.61. The molecule has 0 rings (SSSR count). The number of allylic oxidation sites excluding steroid dienone is 2. The van der Waals surface area contributed by atoms with Crippen molar-refractivity contribution >= 4 is 5.97 Å². The van der Waals surface area contributed by atoms with Crippen molar-refractivity contribution in [2.75, 3.05) is 7.11 Å². The summed E-state index contributed by atoms with van der Waals surface area (Å²) in [5.74, 6) is 6.41. The van der Waals surface area contributed by atoms with Crippen LogP contribution in [0.15, 0.2) is 12.2 Å². The number of unbranched alkanes of at least 4 members (excludes halogenated alkanes) is 8. The van der Waals surface area contributed by atoms with Gasteiger partial charge in [0.15, 0.2) is 0 Å². The summed E-state index contributed by atoms with van der Waals surface area (Å²) in [7, 11) is 1.45. The summed E-state index contributed by atoms with van der Waals surface area (Å²) >= 11 is 0. The van der Waals surface area contributed by atoms with Crippen molar-refractivity contribution in [2.45, 2.75) is 84.0 Å². The highest BCUT2D eigenvalue weighted by Gasteiger charge is 1.98. The van der Waals surface area contributed by atoms with Crippen LogP contribution >= 0.6 is 0 Å². The van der Waals surface area contributed by atoms with E-state index in [9.17, 15) is 4.79 Å². The lowest BCUT2D eigenvalue weighted by Crippen LogP contribution is -1.99. The van der Waals surface area contributed by atoms with Gasteiger partial charge in [-0.05, 0) is 25.7 Å². The topological polar surface area (TPSA) is 26.3 Å². The molecule has 0 bridgehead atoms. The molecule has 0 aromatic heterocycles. The summed E-state index contributed by atoms with van der Waals surface area (Å²) in [5, 5.41) is 0. The number of carbonyl (C=O) groups is 1. The second-order valence-corrected chi connectivity index (χ2v) is 5.35. The third-order valence-electron chi connectivity index (χ3n) is 3.34. The number of carbonyl (C=O) groups excluding carboxylic acids is 1. The zero-order valence-electron chi connectivity index (χ0n) is 14.0. The second kappa shape index (κ2) is 16.8. The van der Waals surface area contributed by atoms with Gasteiger partial charge in [-0.15, -0.1) is 11.8 Å². The lowest BCUT2D eigenvalue weighted by atomic mass is 10.1. The second-order valence-electron chi connectivity index (χ2n) is 5.35. The number of rotatable bonds is 12. The van der Waals surface area contributed by atoms with Crippen LogP contribution in [0.2, 0.25) is 0 Å². The first-order valence-corrected chi connectivity index (χ1v) is 8.48. The average Bonchev–Trinajstić information content (AvgIpc) is 2.50. The summed E-state index contributed by atoms with van der Waals surface area (Å²) in [6, 6.07) is 0. The minimum Gasteiger partial charge on any atom is -0.469 e. The van der Waals surface area contributed by atoms with Gasteiger partial charge in [-0.1, -0.05) is 51.2 Å². The fourth-order valence-corrected chi connectivity index (χ4v) is 2.03. The lowest BCUT2D eigenvalue weighted by Gasteiger charge is -2.00. The molecule has 21 heavy (non-hydrogen) atoms. The van der Waals surface area contributed by atoms with Gasteiger partial charge < -0.3 is 4.74 Å². The third-order valence-corrected chi connectivity index (χ3v) is 3.34. The monoisotopic (exact) mass is 292 g/mol. The number of esters is 1. The SMILES string of the molecule is CCCC=CCCC#CCCCCCCCCC(=O)OC. The molecule has 0 fully saturated rings. The molecule has 0 amide bonds. The van der Waals surface area contributed by atoms with E-state index in [4.69, 9.17) is 0 Å². The Morgan fingerprint density at radius 2 is 1.52 bits per heavy atom. The first-order valence-electron chi connectivity index (χ1n) is 8.48. The average molecular weight is 292 g/mol. The van der Waals surface area contributed by atoms with E-state index < -0.39 is 0 Å². The van der Waals surface area contributed by atoms with Gasteiger partial charge in [0, 0.05) is 19.3 Å². The van der Waals surface area contributed by atoms with Gasteiger partial charge in [0.25, 0.3) is 0 Å². The van der Waals surface area contributed by atoms with Crippen molar-refractivity contribution in [2.24, 2.45) is 0 Å². The Labute approximate surface area is 131 Å². The molecule has 120 valence electrons. The van der Waals surface area contributed by atoms with Crippen LogP contribution in [-0.2, 0) is 9.53 Å². The van der Waals surface area contributed by atoms with Gasteiger partial charge >= 0.3 is 5.97 Å². The van der Waals surface area contributed by atoms with E-state index in [1.807, 2.05) is 0 Å². The third kappa shape index (κ3) is 16.7. The van der Waals surface area contributed by atoms with E-state index in [-0.39, 0.29) is 5.97 Å². The van der Waals surface area contributed by atoms with Crippen LogP contribution in [0.3, 0.4) is 0 Å². The highest BCUT2D eigenvalue weighted by atomic mass is 16.5. The van der Waals surface area contributed by atoms with Crippen molar-refractivity contribution in [3.8, 4) is 11.8 Å². The van der Waals surface area contributed by atoms with E-state index in [0.717, 1.165) is 32.1 Å². The smallest absolute Gasteiger partial charge is 0.305 e. The minimum atomic E-state index is -0.0881. The van der Waals surface area contributed by atoms with Crippen molar-refractivity contribution in [3.05, 3.63) is 12.2 Å². The Bertz CT molecular complexity index is 320. The zero-order chi connectivity index (χ0) is 15.6. The van der Waals surface area contributed by atoms with Crippen LogP contribution in [0.5, 0.6) is 0 Å². The van der Waals surface area contributed by atoms with Gasteiger partial charge in [0.05, 0.1) is 7.11 Å². The number of hydrogen-bond acceptors (Lipinski definition) is 2. The summed E-state index contributed by atoms with van der Waals surface area (Å²) in [5.41, 5.74) is 0. The van der Waals surface area contributed by atoms with Crippen LogP contribution in [0.4, 0.5) is 0 Å². The van der Waals surface area contributed by atoms with Gasteiger partial charge in [0.2, 0.25) is 0 Å². The molecule has 0 aliphatic rings. The van der Waals surface area contributed by atoms with Crippen molar-refractivity contribution in [1.82, 2.24) is 0 Å². The van der Waals surface area contributed by atoms with Gasteiger partial charge in [-0.3, -0.25) is 4.79 Å². The van der Waals surface area contributed by atoms with Crippen LogP contribution in [0.25, 0.3) is 0 Å². The first kappa shape index (κ1) is 19.8. The molecule has 0 saturated carbocycles. The molecule has 0 aromatic rings. The maximum absolute atomic E-state index is 10.9. The molecule has 2 heteroatoms. The maximum Gasteiger partial charge on any atom is 0.305 e. The molecular weight excluding hydrogens is 260 g/mol. The summed E-state index contributed by atoms with van der Waals surface area (Å²) in [6.45, 7) is 2.20. The molecule has 0 heterocycles. The largest absolute Gasteiger partial charge is 0.469 e. The van der Waals surface area contributed by atoms with Crippen LogP contribution in [0.1, 0.15) is 84.0 Å². The van der Waals surface area contributed by atoms with Crippen molar-refractivity contribution in [3.63, 3.8) is 0 Å². The van der Waals surface area contributed by atoms with E-state index in [0.29, 0.717) is 6.42 Å². The molecule has 0 aliphatic carbocycles. The Hall–Kier alpha value is -1.23. The summed E-state index contributed by atoms with van der Waals surface area (Å²) in [6.07, 6.45) is 17.6.